The van der Waals surface area contributed by atoms with E-state index in [2.05, 4.69) is 4.98 Å². The van der Waals surface area contributed by atoms with Crippen LogP contribution in [0.5, 0.6) is 17.2 Å². The summed E-state index contributed by atoms with van der Waals surface area (Å²) >= 11 is 0. The van der Waals surface area contributed by atoms with Crippen molar-refractivity contribution in [3.8, 4) is 17.2 Å². The number of ketones is 1. The molecule has 0 saturated carbocycles. The molecule has 0 bridgehead atoms. The first-order chi connectivity index (χ1) is 11.1. The van der Waals surface area contributed by atoms with Crippen LogP contribution in [0.3, 0.4) is 0 Å². The number of nitro groups is 1. The van der Waals surface area contributed by atoms with Gasteiger partial charge in [0.05, 0.1) is 14.2 Å². The number of carbonyl (C=O) groups is 1. The van der Waals surface area contributed by atoms with E-state index in [0.29, 0.717) is 17.1 Å². The van der Waals surface area contributed by atoms with Crippen LogP contribution in [-0.2, 0) is 0 Å². The predicted octanol–water partition coefficient (Wildman–Crippen LogP) is 2.27. The van der Waals surface area contributed by atoms with Crippen LogP contribution in [0.15, 0.2) is 36.5 Å². The number of benzene rings is 1. The van der Waals surface area contributed by atoms with Gasteiger partial charge in [0.25, 0.3) is 0 Å². The molecule has 1 aromatic carbocycles. The van der Waals surface area contributed by atoms with Gasteiger partial charge in [0.2, 0.25) is 5.75 Å². The lowest BCUT2D eigenvalue weighted by Crippen LogP contribution is -2.13. The predicted molar refractivity (Wildman–Crippen MR) is 80.3 cm³/mol. The minimum atomic E-state index is -0.670. The number of ether oxygens (including phenoxy) is 3. The van der Waals surface area contributed by atoms with Crippen LogP contribution in [0.25, 0.3) is 0 Å². The van der Waals surface area contributed by atoms with E-state index in [1.54, 1.807) is 12.1 Å². The standard InChI is InChI=1S/C15H14N2O6/c1-21-12-6-5-10(8-14(12)22-2)11(18)9-23-13-4-3-7-16-15(13)17(19)20/h3-8H,9H2,1-2H3. The lowest BCUT2D eigenvalue weighted by Gasteiger charge is -2.09. The molecule has 0 N–H and O–H groups in total. The fourth-order valence-corrected chi connectivity index (χ4v) is 1.87. The Morgan fingerprint density at radius 1 is 1.17 bits per heavy atom. The highest BCUT2D eigenvalue weighted by Crippen LogP contribution is 2.28. The van der Waals surface area contributed by atoms with Crippen molar-refractivity contribution < 1.29 is 23.9 Å². The Balaban J connectivity index is 2.13. The number of nitrogens with zero attached hydrogens (tertiary/aromatic N) is 2. The molecule has 8 nitrogen and oxygen atoms in total. The topological polar surface area (TPSA) is 101 Å². The van der Waals surface area contributed by atoms with Crippen molar-refractivity contribution in [1.29, 1.82) is 0 Å². The van der Waals surface area contributed by atoms with E-state index >= 15 is 0 Å². The van der Waals surface area contributed by atoms with Gasteiger partial charge in [-0.15, -0.1) is 0 Å². The number of Topliss-reactive ketones (excluding diaryl/α,β-unsaturated/α-hetero) is 1. The van der Waals surface area contributed by atoms with E-state index in [-0.39, 0.29) is 18.1 Å². The van der Waals surface area contributed by atoms with E-state index in [9.17, 15) is 14.9 Å². The van der Waals surface area contributed by atoms with Crippen LogP contribution < -0.4 is 14.2 Å². The lowest BCUT2D eigenvalue weighted by atomic mass is 10.1. The zero-order valence-corrected chi connectivity index (χ0v) is 12.5. The Hall–Kier alpha value is -3.16. The van der Waals surface area contributed by atoms with Crippen LogP contribution in [0.1, 0.15) is 10.4 Å². The van der Waals surface area contributed by atoms with Gasteiger partial charge in [0.1, 0.15) is 6.20 Å². The molecule has 0 atom stereocenters. The van der Waals surface area contributed by atoms with Gasteiger partial charge >= 0.3 is 5.82 Å². The van der Waals surface area contributed by atoms with Gasteiger partial charge in [0.15, 0.2) is 23.9 Å². The van der Waals surface area contributed by atoms with Crippen molar-refractivity contribution in [3.05, 3.63) is 52.2 Å². The van der Waals surface area contributed by atoms with Gasteiger partial charge in [-0.05, 0) is 40.2 Å². The zero-order chi connectivity index (χ0) is 16.8. The number of pyridine rings is 1. The van der Waals surface area contributed by atoms with E-state index in [0.717, 1.165) is 0 Å². The Labute approximate surface area is 131 Å². The molecule has 0 radical (unpaired) electrons. The Morgan fingerprint density at radius 3 is 2.57 bits per heavy atom. The highest BCUT2D eigenvalue weighted by Gasteiger charge is 2.18. The molecular formula is C15H14N2O6. The van der Waals surface area contributed by atoms with Crippen LogP contribution in [0.4, 0.5) is 5.82 Å². The van der Waals surface area contributed by atoms with Gasteiger partial charge in [-0.1, -0.05) is 0 Å². The maximum atomic E-state index is 12.2. The van der Waals surface area contributed by atoms with Crippen LogP contribution in [0, 0.1) is 10.1 Å². The summed E-state index contributed by atoms with van der Waals surface area (Å²) in [5.74, 6) is 0.0432. The molecule has 0 fully saturated rings. The summed E-state index contributed by atoms with van der Waals surface area (Å²) in [4.78, 5) is 25.9. The normalized spacial score (nSPS) is 10.0. The second-order valence-corrected chi connectivity index (χ2v) is 4.36. The monoisotopic (exact) mass is 318 g/mol. The van der Waals surface area contributed by atoms with E-state index in [4.69, 9.17) is 14.2 Å². The quantitative estimate of drug-likeness (QED) is 0.438. The number of hydrogen-bond donors (Lipinski definition) is 0. The number of rotatable bonds is 7. The average molecular weight is 318 g/mol. The molecule has 1 aromatic heterocycles. The van der Waals surface area contributed by atoms with E-state index < -0.39 is 10.7 Å². The first kappa shape index (κ1) is 16.2. The summed E-state index contributed by atoms with van der Waals surface area (Å²) in [7, 11) is 2.95. The maximum absolute atomic E-state index is 12.2. The summed E-state index contributed by atoms with van der Waals surface area (Å²) in [6.45, 7) is -0.359. The first-order valence-corrected chi connectivity index (χ1v) is 6.54. The number of carbonyl (C=O) groups excluding carboxylic acids is 1. The van der Waals surface area contributed by atoms with Crippen molar-refractivity contribution in [3.63, 3.8) is 0 Å². The Morgan fingerprint density at radius 2 is 1.91 bits per heavy atom. The fourth-order valence-electron chi connectivity index (χ4n) is 1.87. The number of hydrogen-bond acceptors (Lipinski definition) is 7. The van der Waals surface area contributed by atoms with Gasteiger partial charge in [-0.25, -0.2) is 0 Å². The first-order valence-electron chi connectivity index (χ1n) is 6.54. The largest absolute Gasteiger partial charge is 0.493 e. The second-order valence-electron chi connectivity index (χ2n) is 4.36. The smallest absolute Gasteiger partial charge is 0.406 e. The molecule has 0 unspecified atom stereocenters. The molecule has 0 spiro atoms. The molecule has 8 heteroatoms. The van der Waals surface area contributed by atoms with E-state index in [1.807, 2.05) is 0 Å². The molecule has 0 aliphatic carbocycles. The SMILES string of the molecule is COc1ccc(C(=O)COc2cccnc2[N+](=O)[O-])cc1OC. The molecule has 0 amide bonds. The molecule has 120 valence electrons. The summed E-state index contributed by atoms with van der Waals surface area (Å²) in [6, 6.07) is 7.54. The third-order valence-corrected chi connectivity index (χ3v) is 2.99. The Bertz CT molecular complexity index is 732. The third kappa shape index (κ3) is 3.73. The highest BCUT2D eigenvalue weighted by atomic mass is 16.6. The van der Waals surface area contributed by atoms with Gasteiger partial charge in [-0.3, -0.25) is 4.79 Å². The van der Waals surface area contributed by atoms with Crippen molar-refractivity contribution in [2.45, 2.75) is 0 Å². The molecule has 0 aliphatic rings. The van der Waals surface area contributed by atoms with E-state index in [1.165, 1.54) is 38.6 Å². The second kappa shape index (κ2) is 7.21. The summed E-state index contributed by atoms with van der Waals surface area (Å²) in [5, 5.41) is 10.8. The zero-order valence-electron chi connectivity index (χ0n) is 12.5. The lowest BCUT2D eigenvalue weighted by molar-refractivity contribution is -0.390. The molecule has 0 aliphatic heterocycles. The summed E-state index contributed by atoms with van der Waals surface area (Å²) in [5.41, 5.74) is 0.342. The maximum Gasteiger partial charge on any atom is 0.406 e. The molecule has 0 saturated heterocycles. The molecule has 2 rings (SSSR count). The minimum Gasteiger partial charge on any atom is -0.493 e. The Kier molecular flexibility index (Phi) is 5.08. The average Bonchev–Trinajstić information content (AvgIpc) is 2.59. The molecule has 1 heterocycles. The van der Waals surface area contributed by atoms with Crippen molar-refractivity contribution in [2.24, 2.45) is 0 Å². The van der Waals surface area contributed by atoms with Gasteiger partial charge in [-0.2, -0.15) is 0 Å². The summed E-state index contributed by atoms with van der Waals surface area (Å²) in [6.07, 6.45) is 1.28. The fraction of sp³-hybridized carbons (Fsp3) is 0.200. The molecular weight excluding hydrogens is 304 g/mol. The van der Waals surface area contributed by atoms with Crippen molar-refractivity contribution >= 4 is 11.6 Å². The van der Waals surface area contributed by atoms with Crippen LogP contribution >= 0.6 is 0 Å². The van der Waals surface area contributed by atoms with Gasteiger partial charge in [0, 0.05) is 5.56 Å². The van der Waals surface area contributed by atoms with Crippen LogP contribution in [-0.4, -0.2) is 36.5 Å². The van der Waals surface area contributed by atoms with Crippen molar-refractivity contribution in [2.75, 3.05) is 20.8 Å². The van der Waals surface area contributed by atoms with Gasteiger partial charge < -0.3 is 24.3 Å². The van der Waals surface area contributed by atoms with Crippen molar-refractivity contribution in [1.82, 2.24) is 4.98 Å². The van der Waals surface area contributed by atoms with Crippen LogP contribution in [0.2, 0.25) is 0 Å². The summed E-state index contributed by atoms with van der Waals surface area (Å²) < 4.78 is 15.4. The number of aromatic nitrogens is 1. The highest BCUT2D eigenvalue weighted by molar-refractivity contribution is 5.97. The third-order valence-electron chi connectivity index (χ3n) is 2.99. The minimum absolute atomic E-state index is 0.0636. The molecule has 23 heavy (non-hydrogen) atoms. The molecule has 2 aromatic rings. The number of methoxy groups -OCH3 is 2.